The molecule has 0 aliphatic heterocycles. The van der Waals surface area contributed by atoms with Crippen LogP contribution >= 0.6 is 11.3 Å². The maximum Gasteiger partial charge on any atom is 0.252 e. The number of carbonyl (C=O) groups excluding carboxylic acids is 1. The molecule has 0 aliphatic rings. The van der Waals surface area contributed by atoms with E-state index in [0.29, 0.717) is 12.1 Å². The largest absolute Gasteiger partial charge is 0.348 e. The second-order valence-electron chi connectivity index (χ2n) is 2.62. The van der Waals surface area contributed by atoms with Gasteiger partial charge >= 0.3 is 0 Å². The van der Waals surface area contributed by atoms with Crippen molar-refractivity contribution in [1.82, 2.24) is 5.32 Å². The van der Waals surface area contributed by atoms with Gasteiger partial charge in [0.15, 0.2) is 0 Å². The van der Waals surface area contributed by atoms with Gasteiger partial charge in [0.2, 0.25) is 0 Å². The van der Waals surface area contributed by atoms with Crippen molar-refractivity contribution in [3.63, 3.8) is 0 Å². The average Bonchev–Trinajstić information content (AvgIpc) is 2.56. The summed E-state index contributed by atoms with van der Waals surface area (Å²) >= 11 is 1.51. The first kappa shape index (κ1) is 9.22. The standard InChI is InChI=1S/C8H12N2OS/c1-6(4-9)10-8(11)7-2-3-12-5-7/h2-3,5-6H,4,9H2,1H3,(H,10,11)/t6-/m1/s1. The minimum Gasteiger partial charge on any atom is -0.348 e. The van der Waals surface area contributed by atoms with Gasteiger partial charge in [0.1, 0.15) is 0 Å². The number of nitrogens with one attached hydrogen (secondary N) is 1. The van der Waals surface area contributed by atoms with Crippen molar-refractivity contribution in [3.8, 4) is 0 Å². The molecule has 0 saturated carbocycles. The first-order valence-corrected chi connectivity index (χ1v) is 4.71. The van der Waals surface area contributed by atoms with Crippen LogP contribution in [0.5, 0.6) is 0 Å². The van der Waals surface area contributed by atoms with Gasteiger partial charge in [-0.3, -0.25) is 4.79 Å². The van der Waals surface area contributed by atoms with Crippen LogP contribution in [0.4, 0.5) is 0 Å². The molecular weight excluding hydrogens is 172 g/mol. The zero-order chi connectivity index (χ0) is 8.97. The van der Waals surface area contributed by atoms with Gasteiger partial charge in [-0.25, -0.2) is 0 Å². The van der Waals surface area contributed by atoms with Crippen LogP contribution in [0.1, 0.15) is 17.3 Å². The summed E-state index contributed by atoms with van der Waals surface area (Å²) in [5.74, 6) is -0.0470. The number of carbonyl (C=O) groups is 1. The molecule has 3 N–H and O–H groups in total. The molecule has 0 unspecified atom stereocenters. The van der Waals surface area contributed by atoms with Crippen LogP contribution < -0.4 is 11.1 Å². The van der Waals surface area contributed by atoms with E-state index < -0.39 is 0 Å². The fourth-order valence-corrected chi connectivity index (χ4v) is 1.40. The van der Waals surface area contributed by atoms with Gasteiger partial charge < -0.3 is 11.1 Å². The van der Waals surface area contributed by atoms with Gasteiger partial charge in [-0.1, -0.05) is 0 Å². The second-order valence-corrected chi connectivity index (χ2v) is 3.40. The lowest BCUT2D eigenvalue weighted by Gasteiger charge is -2.09. The number of nitrogens with two attached hydrogens (primary N) is 1. The molecule has 1 atom stereocenters. The van der Waals surface area contributed by atoms with Gasteiger partial charge in [-0.05, 0) is 18.4 Å². The normalized spacial score (nSPS) is 12.5. The second kappa shape index (κ2) is 4.23. The van der Waals surface area contributed by atoms with Gasteiger partial charge in [0, 0.05) is 23.5 Å². The van der Waals surface area contributed by atoms with Crippen molar-refractivity contribution < 1.29 is 4.79 Å². The highest BCUT2D eigenvalue weighted by molar-refractivity contribution is 7.08. The van der Waals surface area contributed by atoms with Crippen LogP contribution in [0.15, 0.2) is 16.8 Å². The van der Waals surface area contributed by atoms with E-state index in [1.54, 1.807) is 6.07 Å². The molecule has 0 radical (unpaired) electrons. The monoisotopic (exact) mass is 184 g/mol. The maximum atomic E-state index is 11.3. The smallest absolute Gasteiger partial charge is 0.252 e. The van der Waals surface area contributed by atoms with Crippen LogP contribution in [0.2, 0.25) is 0 Å². The zero-order valence-electron chi connectivity index (χ0n) is 6.91. The average molecular weight is 184 g/mol. The minimum absolute atomic E-state index is 0.0393. The van der Waals surface area contributed by atoms with Crippen LogP contribution in [0.25, 0.3) is 0 Å². The summed E-state index contributed by atoms with van der Waals surface area (Å²) in [4.78, 5) is 11.3. The topological polar surface area (TPSA) is 55.1 Å². The highest BCUT2D eigenvalue weighted by Crippen LogP contribution is 2.05. The summed E-state index contributed by atoms with van der Waals surface area (Å²) in [6, 6.07) is 1.83. The van der Waals surface area contributed by atoms with E-state index in [0.717, 1.165) is 0 Å². The molecule has 66 valence electrons. The van der Waals surface area contributed by atoms with Gasteiger partial charge in [0.25, 0.3) is 5.91 Å². The third-order valence-corrected chi connectivity index (χ3v) is 2.20. The lowest BCUT2D eigenvalue weighted by atomic mass is 10.3. The van der Waals surface area contributed by atoms with E-state index in [-0.39, 0.29) is 11.9 Å². The van der Waals surface area contributed by atoms with Crippen LogP contribution in [-0.2, 0) is 0 Å². The van der Waals surface area contributed by atoms with Gasteiger partial charge in [-0.2, -0.15) is 11.3 Å². The van der Waals surface area contributed by atoms with Gasteiger partial charge in [-0.15, -0.1) is 0 Å². The molecule has 0 aromatic carbocycles. The van der Waals surface area contributed by atoms with E-state index in [4.69, 9.17) is 5.73 Å². The number of hydrogen-bond acceptors (Lipinski definition) is 3. The van der Waals surface area contributed by atoms with Crippen molar-refractivity contribution >= 4 is 17.2 Å². The van der Waals surface area contributed by atoms with Crippen molar-refractivity contribution in [1.29, 1.82) is 0 Å². The van der Waals surface area contributed by atoms with E-state index in [1.165, 1.54) is 11.3 Å². The third-order valence-electron chi connectivity index (χ3n) is 1.51. The zero-order valence-corrected chi connectivity index (χ0v) is 7.73. The summed E-state index contributed by atoms with van der Waals surface area (Å²) in [5.41, 5.74) is 6.07. The van der Waals surface area contributed by atoms with Crippen LogP contribution in [0.3, 0.4) is 0 Å². The summed E-state index contributed by atoms with van der Waals surface area (Å²) < 4.78 is 0. The van der Waals surface area contributed by atoms with Crippen LogP contribution in [0, 0.1) is 0 Å². The summed E-state index contributed by atoms with van der Waals surface area (Å²) in [5, 5.41) is 6.47. The van der Waals surface area contributed by atoms with Gasteiger partial charge in [0.05, 0.1) is 0 Å². The number of rotatable bonds is 3. The van der Waals surface area contributed by atoms with Crippen LogP contribution in [-0.4, -0.2) is 18.5 Å². The molecule has 4 heteroatoms. The number of hydrogen-bond donors (Lipinski definition) is 2. The Morgan fingerprint density at radius 3 is 3.08 bits per heavy atom. The summed E-state index contributed by atoms with van der Waals surface area (Å²) in [6.07, 6.45) is 0. The van der Waals surface area contributed by atoms with Crippen molar-refractivity contribution in [2.24, 2.45) is 5.73 Å². The molecule has 1 aromatic rings. The molecule has 1 rings (SSSR count). The molecule has 0 aliphatic carbocycles. The Balaban J connectivity index is 2.50. The predicted octanol–water partition coefficient (Wildman–Crippen LogP) is 0.825. The predicted molar refractivity (Wildman–Crippen MR) is 50.3 cm³/mol. The lowest BCUT2D eigenvalue weighted by molar-refractivity contribution is 0.0942. The third kappa shape index (κ3) is 2.32. The fourth-order valence-electron chi connectivity index (χ4n) is 0.760. The Bertz CT molecular complexity index is 246. The number of thiophene rings is 1. The van der Waals surface area contributed by atoms with E-state index in [1.807, 2.05) is 17.7 Å². The van der Waals surface area contributed by atoms with Crippen molar-refractivity contribution in [2.45, 2.75) is 13.0 Å². The molecule has 1 amide bonds. The fraction of sp³-hybridized carbons (Fsp3) is 0.375. The highest BCUT2D eigenvalue weighted by Gasteiger charge is 2.07. The highest BCUT2D eigenvalue weighted by atomic mass is 32.1. The van der Waals surface area contributed by atoms with Crippen molar-refractivity contribution in [2.75, 3.05) is 6.54 Å². The Kier molecular flexibility index (Phi) is 3.25. The molecule has 0 fully saturated rings. The molecular formula is C8H12N2OS. The first-order valence-electron chi connectivity index (χ1n) is 3.77. The molecule has 0 spiro atoms. The Morgan fingerprint density at radius 1 is 1.83 bits per heavy atom. The van der Waals surface area contributed by atoms with E-state index in [9.17, 15) is 4.79 Å². The quantitative estimate of drug-likeness (QED) is 0.731. The Morgan fingerprint density at radius 2 is 2.58 bits per heavy atom. The summed E-state index contributed by atoms with van der Waals surface area (Å²) in [7, 11) is 0. The maximum absolute atomic E-state index is 11.3. The SMILES string of the molecule is C[C@H](CN)NC(=O)c1ccsc1. The van der Waals surface area contributed by atoms with Crippen molar-refractivity contribution in [3.05, 3.63) is 22.4 Å². The van der Waals surface area contributed by atoms with E-state index in [2.05, 4.69) is 5.32 Å². The molecule has 0 bridgehead atoms. The first-order chi connectivity index (χ1) is 5.74. The summed E-state index contributed by atoms with van der Waals surface area (Å²) in [6.45, 7) is 2.35. The molecule has 0 saturated heterocycles. The molecule has 3 nitrogen and oxygen atoms in total. The Hall–Kier alpha value is -0.870. The molecule has 1 aromatic heterocycles. The van der Waals surface area contributed by atoms with E-state index >= 15 is 0 Å². The number of amides is 1. The Labute approximate surface area is 75.6 Å². The minimum atomic E-state index is -0.0470. The molecule has 12 heavy (non-hydrogen) atoms. The molecule has 1 heterocycles. The lowest BCUT2D eigenvalue weighted by Crippen LogP contribution is -2.37.